The molecule has 2 amide bonds. The molecule has 4 N–H and O–H groups in total. The summed E-state index contributed by atoms with van der Waals surface area (Å²) in [6.45, 7) is 8.09. The molecule has 0 unspecified atom stereocenters. The molecule has 2 atom stereocenters. The fourth-order valence-electron chi connectivity index (χ4n) is 9.18. The van der Waals surface area contributed by atoms with Crippen molar-refractivity contribution in [1.29, 1.82) is 0 Å². The molecule has 0 bridgehead atoms. The van der Waals surface area contributed by atoms with E-state index in [1.165, 1.54) is 28.4 Å². The zero-order valence-electron chi connectivity index (χ0n) is 35.4. The van der Waals surface area contributed by atoms with E-state index in [1.54, 1.807) is 53.4 Å². The van der Waals surface area contributed by atoms with Crippen molar-refractivity contribution in [2.24, 2.45) is 23.0 Å². The molecule has 0 heterocycles. The number of carbonyl (C=O) groups excluding carboxylic acids is 2. The van der Waals surface area contributed by atoms with Crippen molar-refractivity contribution in [2.45, 2.75) is 95.9 Å². The van der Waals surface area contributed by atoms with Gasteiger partial charge in [-0.3, -0.25) is 9.59 Å². The summed E-state index contributed by atoms with van der Waals surface area (Å²) < 4.78 is 23.9. The van der Waals surface area contributed by atoms with E-state index < -0.39 is 40.5 Å². The largest absolute Gasteiger partial charge is 0.496 e. The SMILES string of the molecule is COc1ccccc1C(O)(c1ccccc1OC)[C@@H](CC(C)C)N(C(=O)C1(C(N)=O)CCCCC1)[C@H](CC(C)C)C(O)(c1ccccc1OC)c1ccccc1OC. The van der Waals surface area contributed by atoms with Crippen LogP contribution >= 0.6 is 0 Å². The van der Waals surface area contributed by atoms with Crippen LogP contribution in [0.2, 0.25) is 0 Å². The average molecular weight is 795 g/mol. The lowest BCUT2D eigenvalue weighted by Gasteiger charge is -2.54. The molecule has 0 saturated heterocycles. The van der Waals surface area contributed by atoms with Gasteiger partial charge in [0.15, 0.2) is 0 Å². The number of nitrogens with two attached hydrogens (primary N) is 1. The Bertz CT molecular complexity index is 1790. The Labute approximate surface area is 344 Å². The number of ether oxygens (including phenoxy) is 4. The first-order chi connectivity index (χ1) is 27.8. The van der Waals surface area contributed by atoms with Gasteiger partial charge >= 0.3 is 0 Å². The average Bonchev–Trinajstić information content (AvgIpc) is 3.24. The van der Waals surface area contributed by atoms with Gasteiger partial charge in [-0.05, 0) is 61.8 Å². The van der Waals surface area contributed by atoms with Crippen molar-refractivity contribution in [3.63, 3.8) is 0 Å². The molecule has 0 spiro atoms. The second-order valence-electron chi connectivity index (χ2n) is 16.3. The molecule has 10 heteroatoms. The van der Waals surface area contributed by atoms with Crippen LogP contribution in [0, 0.1) is 17.3 Å². The molecule has 1 aliphatic carbocycles. The number of hydrogen-bond donors (Lipinski definition) is 3. The van der Waals surface area contributed by atoms with Crippen LogP contribution in [0.25, 0.3) is 0 Å². The summed E-state index contributed by atoms with van der Waals surface area (Å²) in [5.41, 5.74) is 2.15. The maximum absolute atomic E-state index is 16.4. The Balaban J connectivity index is 2.05. The fourth-order valence-corrected chi connectivity index (χ4v) is 9.18. The van der Waals surface area contributed by atoms with E-state index in [9.17, 15) is 15.0 Å². The molecule has 0 aromatic heterocycles. The fraction of sp³-hybridized carbons (Fsp3) is 0.458. The normalized spacial score (nSPS) is 15.4. The van der Waals surface area contributed by atoms with E-state index in [4.69, 9.17) is 24.7 Å². The standard InChI is InChI=1S/C48H62N2O8/c1-32(2)30-42(47(53,34-20-10-14-24-38(34)55-5)35-21-11-15-25-39(35)56-6)50(45(52)46(44(49)51)28-18-9-19-29-46)43(31-33(3)4)48(54,36-22-12-16-26-40(36)57-7)37-23-13-17-27-41(37)58-8/h10-17,20-27,32-33,42-43,53-54H,9,18-19,28-31H2,1-8H3,(H2,49,51)/t42-,43-/m1/s1. The van der Waals surface area contributed by atoms with Crippen LogP contribution in [-0.2, 0) is 20.8 Å². The molecule has 1 aliphatic rings. The Morgan fingerprint density at radius 1 is 0.586 bits per heavy atom. The number of rotatable bonds is 18. The Kier molecular flexibility index (Phi) is 14.2. The van der Waals surface area contributed by atoms with Gasteiger partial charge in [0.1, 0.15) is 39.6 Å². The summed E-state index contributed by atoms with van der Waals surface area (Å²) >= 11 is 0. The third-order valence-corrected chi connectivity index (χ3v) is 11.9. The van der Waals surface area contributed by atoms with Gasteiger partial charge < -0.3 is 39.8 Å². The highest BCUT2D eigenvalue weighted by Crippen LogP contribution is 2.53. The first-order valence-electron chi connectivity index (χ1n) is 20.4. The Morgan fingerprint density at radius 2 is 0.879 bits per heavy atom. The Hall–Kier alpha value is -5.06. The molecule has 4 aromatic rings. The van der Waals surface area contributed by atoms with Crippen LogP contribution in [-0.4, -0.2) is 67.5 Å². The minimum Gasteiger partial charge on any atom is -0.496 e. The number of amides is 2. The molecule has 1 fully saturated rings. The summed E-state index contributed by atoms with van der Waals surface area (Å²) in [5, 5.41) is 28.4. The summed E-state index contributed by atoms with van der Waals surface area (Å²) in [4.78, 5) is 32.1. The third kappa shape index (κ3) is 8.14. The minimum atomic E-state index is -2.07. The lowest BCUT2D eigenvalue weighted by molar-refractivity contribution is -0.171. The first-order valence-corrected chi connectivity index (χ1v) is 20.4. The number of primary amides is 1. The van der Waals surface area contributed by atoms with E-state index in [0.29, 0.717) is 58.1 Å². The van der Waals surface area contributed by atoms with Crippen LogP contribution in [0.3, 0.4) is 0 Å². The third-order valence-electron chi connectivity index (χ3n) is 11.9. The van der Waals surface area contributed by atoms with Gasteiger partial charge in [0.25, 0.3) is 0 Å². The zero-order chi connectivity index (χ0) is 42.3. The monoisotopic (exact) mass is 794 g/mol. The summed E-state index contributed by atoms with van der Waals surface area (Å²) in [6, 6.07) is 26.4. The van der Waals surface area contributed by atoms with E-state index in [0.717, 1.165) is 6.42 Å². The van der Waals surface area contributed by atoms with E-state index in [1.807, 2.05) is 76.2 Å². The molecule has 58 heavy (non-hydrogen) atoms. The highest BCUT2D eigenvalue weighted by molar-refractivity contribution is 6.05. The number of para-hydroxylation sites is 4. The van der Waals surface area contributed by atoms with Crippen molar-refractivity contribution >= 4 is 11.8 Å². The number of benzene rings is 4. The predicted molar refractivity (Wildman–Crippen MR) is 226 cm³/mol. The van der Waals surface area contributed by atoms with Crippen LogP contribution < -0.4 is 24.7 Å². The van der Waals surface area contributed by atoms with Gasteiger partial charge in [0.2, 0.25) is 11.8 Å². The van der Waals surface area contributed by atoms with E-state index >= 15 is 4.79 Å². The van der Waals surface area contributed by atoms with Crippen molar-refractivity contribution in [3.05, 3.63) is 119 Å². The quantitative estimate of drug-likeness (QED) is 0.0862. The molecule has 1 saturated carbocycles. The van der Waals surface area contributed by atoms with Gasteiger partial charge in [-0.25, -0.2) is 0 Å². The second kappa shape index (κ2) is 18.7. The van der Waals surface area contributed by atoms with Gasteiger partial charge in [-0.15, -0.1) is 0 Å². The van der Waals surface area contributed by atoms with Gasteiger partial charge in [0, 0.05) is 22.3 Å². The van der Waals surface area contributed by atoms with Crippen molar-refractivity contribution < 1.29 is 38.7 Å². The molecule has 0 radical (unpaired) electrons. The van der Waals surface area contributed by atoms with Crippen LogP contribution in [0.15, 0.2) is 97.1 Å². The number of hydrogen-bond acceptors (Lipinski definition) is 8. The van der Waals surface area contributed by atoms with Gasteiger partial charge in [-0.1, -0.05) is 120 Å². The number of nitrogens with zero attached hydrogens (tertiary/aromatic N) is 1. The molecule has 0 aliphatic heterocycles. The summed E-state index contributed by atoms with van der Waals surface area (Å²) in [5.74, 6) is -0.0229. The topological polar surface area (TPSA) is 141 Å². The van der Waals surface area contributed by atoms with E-state index in [-0.39, 0.29) is 37.5 Å². The summed E-state index contributed by atoms with van der Waals surface area (Å²) in [6.07, 6.45) is 2.95. The smallest absolute Gasteiger partial charge is 0.239 e. The van der Waals surface area contributed by atoms with Crippen molar-refractivity contribution in [1.82, 2.24) is 4.90 Å². The highest BCUT2D eigenvalue weighted by Gasteiger charge is 2.59. The molecule has 312 valence electrons. The van der Waals surface area contributed by atoms with E-state index in [2.05, 4.69) is 0 Å². The molecule has 4 aromatic carbocycles. The Morgan fingerprint density at radius 3 is 1.14 bits per heavy atom. The zero-order valence-corrected chi connectivity index (χ0v) is 35.4. The van der Waals surface area contributed by atoms with Crippen LogP contribution in [0.4, 0.5) is 0 Å². The number of aliphatic hydroxyl groups is 2. The number of carbonyl (C=O) groups is 2. The van der Waals surface area contributed by atoms with Crippen molar-refractivity contribution in [2.75, 3.05) is 28.4 Å². The van der Waals surface area contributed by atoms with Crippen LogP contribution in [0.5, 0.6) is 23.0 Å². The lowest BCUT2D eigenvalue weighted by atomic mass is 9.67. The maximum atomic E-state index is 16.4. The molecule has 10 nitrogen and oxygen atoms in total. The molecular formula is C48H62N2O8. The van der Waals surface area contributed by atoms with Crippen molar-refractivity contribution in [3.8, 4) is 23.0 Å². The highest BCUT2D eigenvalue weighted by atomic mass is 16.5. The predicted octanol–water partition coefficient (Wildman–Crippen LogP) is 7.99. The van der Waals surface area contributed by atoms with Crippen LogP contribution in [0.1, 0.15) is 94.9 Å². The maximum Gasteiger partial charge on any atom is 0.239 e. The minimum absolute atomic E-state index is 0.127. The summed E-state index contributed by atoms with van der Waals surface area (Å²) in [7, 11) is 6.15. The molecular weight excluding hydrogens is 733 g/mol. The second-order valence-corrected chi connectivity index (χ2v) is 16.3. The van der Waals surface area contributed by atoms with Gasteiger partial charge in [-0.2, -0.15) is 0 Å². The number of methoxy groups -OCH3 is 4. The van der Waals surface area contributed by atoms with Gasteiger partial charge in [0.05, 0.1) is 40.5 Å². The first kappa shape index (κ1) is 44.1. The lowest BCUT2D eigenvalue weighted by Crippen LogP contribution is -2.67. The molecule has 5 rings (SSSR count).